The van der Waals surface area contributed by atoms with E-state index in [2.05, 4.69) is 18.7 Å². The van der Waals surface area contributed by atoms with E-state index in [0.29, 0.717) is 18.3 Å². The lowest BCUT2D eigenvalue weighted by molar-refractivity contribution is -0.131. The number of hydrogen-bond donors (Lipinski definition) is 0. The van der Waals surface area contributed by atoms with Gasteiger partial charge < -0.3 is 14.5 Å². The van der Waals surface area contributed by atoms with Gasteiger partial charge in [0.1, 0.15) is 17.4 Å². The number of carbonyl (C=O) groups is 1. The molecule has 0 N–H and O–H groups in total. The van der Waals surface area contributed by atoms with E-state index in [0.717, 1.165) is 85.2 Å². The summed E-state index contributed by atoms with van der Waals surface area (Å²) in [4.78, 5) is 27.1. The van der Waals surface area contributed by atoms with Crippen LogP contribution in [0.2, 0.25) is 0 Å². The number of hydrogen-bond acceptors (Lipinski definition) is 6. The number of rotatable bonds is 6. The van der Waals surface area contributed by atoms with Crippen molar-refractivity contribution in [2.75, 3.05) is 38.2 Å². The maximum Gasteiger partial charge on any atom is 0.222 e. The minimum absolute atomic E-state index is 0.256. The highest BCUT2D eigenvalue weighted by molar-refractivity contribution is 5.91. The van der Waals surface area contributed by atoms with E-state index >= 15 is 0 Å². The second kappa shape index (κ2) is 9.24. The van der Waals surface area contributed by atoms with Crippen LogP contribution in [-0.4, -0.2) is 63.8 Å². The summed E-state index contributed by atoms with van der Waals surface area (Å²) < 4.78 is 7.25. The van der Waals surface area contributed by atoms with Crippen molar-refractivity contribution in [3.05, 3.63) is 35.8 Å². The summed E-state index contributed by atoms with van der Waals surface area (Å²) >= 11 is 0. The molecule has 0 spiro atoms. The van der Waals surface area contributed by atoms with Gasteiger partial charge in [0.15, 0.2) is 5.65 Å². The van der Waals surface area contributed by atoms with Crippen LogP contribution in [0.1, 0.15) is 57.0 Å². The summed E-state index contributed by atoms with van der Waals surface area (Å²) in [7, 11) is 1.67. The van der Waals surface area contributed by atoms with Gasteiger partial charge in [-0.25, -0.2) is 14.6 Å². The van der Waals surface area contributed by atoms with Gasteiger partial charge in [-0.3, -0.25) is 4.79 Å². The molecule has 2 fully saturated rings. The topological polar surface area (TPSA) is 76.4 Å². The average Bonchev–Trinajstić information content (AvgIpc) is 3.65. The zero-order valence-electron chi connectivity index (χ0n) is 20.6. The van der Waals surface area contributed by atoms with E-state index in [1.54, 1.807) is 7.11 Å². The van der Waals surface area contributed by atoms with E-state index in [-0.39, 0.29) is 5.91 Å². The van der Waals surface area contributed by atoms with Crippen LogP contribution in [0.5, 0.6) is 5.75 Å². The fourth-order valence-corrected chi connectivity index (χ4v) is 4.69. The predicted octanol–water partition coefficient (Wildman–Crippen LogP) is 4.09. The number of methoxy groups -OCH3 is 1. The van der Waals surface area contributed by atoms with Crippen molar-refractivity contribution in [3.63, 3.8) is 0 Å². The van der Waals surface area contributed by atoms with E-state index in [1.165, 1.54) is 0 Å². The maximum absolute atomic E-state index is 12.7. The number of ether oxygens (including phenoxy) is 1. The standard InChI is InChI=1S/C26H34N6O2/c1-17(2)16-22(33)30-12-5-13-31(15-14-30)25-23-18(3)29-32(20-8-10-21(34-4)11-9-20)26(23)28-24(27-25)19-6-7-19/h8-11,17,19H,5-7,12-16H2,1-4H3. The Morgan fingerprint density at radius 3 is 2.53 bits per heavy atom. The Labute approximate surface area is 200 Å². The first kappa shape index (κ1) is 22.6. The number of nitrogens with zero attached hydrogens (tertiary/aromatic N) is 6. The molecule has 3 heterocycles. The van der Waals surface area contributed by atoms with Gasteiger partial charge in [-0.1, -0.05) is 13.8 Å². The molecule has 1 saturated carbocycles. The lowest BCUT2D eigenvalue weighted by Gasteiger charge is -2.24. The third-order valence-corrected chi connectivity index (χ3v) is 6.69. The van der Waals surface area contributed by atoms with Crippen molar-refractivity contribution < 1.29 is 9.53 Å². The Bertz CT molecular complexity index is 1180. The second-order valence-corrected chi connectivity index (χ2v) is 9.89. The van der Waals surface area contributed by atoms with E-state index in [4.69, 9.17) is 19.8 Å². The molecular formula is C26H34N6O2. The van der Waals surface area contributed by atoms with E-state index < -0.39 is 0 Å². The molecule has 0 unspecified atom stereocenters. The van der Waals surface area contributed by atoms with Gasteiger partial charge in [0.2, 0.25) is 5.91 Å². The maximum atomic E-state index is 12.7. The van der Waals surface area contributed by atoms with Gasteiger partial charge in [-0.2, -0.15) is 5.10 Å². The first-order valence-electron chi connectivity index (χ1n) is 12.4. The highest BCUT2D eigenvalue weighted by Crippen LogP contribution is 2.40. The summed E-state index contributed by atoms with van der Waals surface area (Å²) in [5, 5.41) is 5.88. The van der Waals surface area contributed by atoms with Gasteiger partial charge >= 0.3 is 0 Å². The summed E-state index contributed by atoms with van der Waals surface area (Å²) in [5.74, 6) is 3.75. The quantitative estimate of drug-likeness (QED) is 0.549. The number of amides is 1. The molecule has 180 valence electrons. The second-order valence-electron chi connectivity index (χ2n) is 9.89. The Morgan fingerprint density at radius 1 is 1.09 bits per heavy atom. The zero-order chi connectivity index (χ0) is 23.8. The smallest absolute Gasteiger partial charge is 0.222 e. The molecule has 1 aliphatic carbocycles. The van der Waals surface area contributed by atoms with Crippen molar-refractivity contribution >= 4 is 22.8 Å². The lowest BCUT2D eigenvalue weighted by Crippen LogP contribution is -2.36. The van der Waals surface area contributed by atoms with Gasteiger partial charge in [0.05, 0.1) is 23.9 Å². The van der Waals surface area contributed by atoms with Crippen LogP contribution in [-0.2, 0) is 4.79 Å². The first-order chi connectivity index (χ1) is 16.4. The molecule has 0 atom stereocenters. The summed E-state index contributed by atoms with van der Waals surface area (Å²) in [6, 6.07) is 7.90. The van der Waals surface area contributed by atoms with Crippen molar-refractivity contribution in [2.24, 2.45) is 5.92 Å². The molecular weight excluding hydrogens is 428 g/mol. The number of aryl methyl sites for hydroxylation is 1. The molecule has 1 aliphatic heterocycles. The number of carbonyl (C=O) groups excluding carboxylic acids is 1. The van der Waals surface area contributed by atoms with Crippen molar-refractivity contribution in [1.82, 2.24) is 24.6 Å². The number of anilines is 1. The molecule has 1 saturated heterocycles. The highest BCUT2D eigenvalue weighted by Gasteiger charge is 2.31. The Morgan fingerprint density at radius 2 is 1.85 bits per heavy atom. The van der Waals surface area contributed by atoms with E-state index in [1.807, 2.05) is 40.8 Å². The molecule has 8 nitrogen and oxygen atoms in total. The van der Waals surface area contributed by atoms with Gasteiger partial charge in [0, 0.05) is 38.5 Å². The van der Waals surface area contributed by atoms with Gasteiger partial charge in [-0.15, -0.1) is 0 Å². The van der Waals surface area contributed by atoms with Crippen LogP contribution in [0.4, 0.5) is 5.82 Å². The molecule has 1 amide bonds. The molecule has 2 aromatic heterocycles. The molecule has 34 heavy (non-hydrogen) atoms. The Hall–Kier alpha value is -3.16. The lowest BCUT2D eigenvalue weighted by atomic mass is 10.1. The Kier molecular flexibility index (Phi) is 6.15. The van der Waals surface area contributed by atoms with Gasteiger partial charge in [0.25, 0.3) is 0 Å². The van der Waals surface area contributed by atoms with Crippen LogP contribution in [0.25, 0.3) is 16.7 Å². The summed E-state index contributed by atoms with van der Waals surface area (Å²) in [6.07, 6.45) is 3.81. The van der Waals surface area contributed by atoms with Crippen LogP contribution in [0.3, 0.4) is 0 Å². The van der Waals surface area contributed by atoms with Crippen LogP contribution >= 0.6 is 0 Å². The summed E-state index contributed by atoms with van der Waals surface area (Å²) in [5.41, 5.74) is 2.72. The molecule has 1 aromatic carbocycles. The SMILES string of the molecule is COc1ccc(-n2nc(C)c3c(N4CCCN(C(=O)CC(C)C)CC4)nc(C4CC4)nc32)cc1. The van der Waals surface area contributed by atoms with Crippen LogP contribution in [0.15, 0.2) is 24.3 Å². The third-order valence-electron chi connectivity index (χ3n) is 6.69. The molecule has 0 radical (unpaired) electrons. The monoisotopic (exact) mass is 462 g/mol. The van der Waals surface area contributed by atoms with Crippen LogP contribution < -0.4 is 9.64 Å². The zero-order valence-corrected chi connectivity index (χ0v) is 20.6. The minimum Gasteiger partial charge on any atom is -0.497 e. The van der Waals surface area contributed by atoms with Crippen molar-refractivity contribution in [1.29, 1.82) is 0 Å². The largest absolute Gasteiger partial charge is 0.497 e. The number of benzene rings is 1. The number of aromatic nitrogens is 4. The number of fused-ring (bicyclic) bond motifs is 1. The third kappa shape index (κ3) is 4.45. The predicted molar refractivity (Wildman–Crippen MR) is 133 cm³/mol. The molecule has 2 aliphatic rings. The van der Waals surface area contributed by atoms with Crippen LogP contribution in [0, 0.1) is 12.8 Å². The van der Waals surface area contributed by atoms with Gasteiger partial charge in [-0.05, 0) is 56.4 Å². The fourth-order valence-electron chi connectivity index (χ4n) is 4.69. The normalized spacial score (nSPS) is 16.9. The first-order valence-corrected chi connectivity index (χ1v) is 12.4. The minimum atomic E-state index is 0.256. The Balaban J connectivity index is 1.52. The van der Waals surface area contributed by atoms with E-state index in [9.17, 15) is 4.79 Å². The van der Waals surface area contributed by atoms with Crippen molar-refractivity contribution in [3.8, 4) is 11.4 Å². The van der Waals surface area contributed by atoms with Crippen molar-refractivity contribution in [2.45, 2.75) is 52.4 Å². The average molecular weight is 463 g/mol. The molecule has 3 aromatic rings. The molecule has 0 bridgehead atoms. The molecule has 5 rings (SSSR count). The fraction of sp³-hybridized carbons (Fsp3) is 0.538. The summed E-state index contributed by atoms with van der Waals surface area (Å²) in [6.45, 7) is 9.40. The molecule has 8 heteroatoms. The highest BCUT2D eigenvalue weighted by atomic mass is 16.5.